The van der Waals surface area contributed by atoms with Crippen molar-refractivity contribution in [2.24, 2.45) is 5.73 Å². The highest BCUT2D eigenvalue weighted by Crippen LogP contribution is 2.22. The van der Waals surface area contributed by atoms with Crippen LogP contribution in [-0.4, -0.2) is 11.7 Å². The first-order valence-corrected chi connectivity index (χ1v) is 6.63. The van der Waals surface area contributed by atoms with Crippen molar-refractivity contribution in [2.75, 3.05) is 0 Å². The Morgan fingerprint density at radius 3 is 2.18 bits per heavy atom. The minimum atomic E-state index is -0.804. The fraction of sp³-hybridized carbons (Fsp3) is 0.786. The maximum absolute atomic E-state index is 11.6. The van der Waals surface area contributed by atoms with E-state index in [4.69, 9.17) is 10.5 Å². The number of esters is 1. The Balaban J connectivity index is 4.36. The zero-order chi connectivity index (χ0) is 13.3. The lowest BCUT2D eigenvalue weighted by Gasteiger charge is -2.29. The normalized spacial score (nSPS) is 14.1. The highest BCUT2D eigenvalue weighted by molar-refractivity contribution is 5.87. The molecule has 17 heavy (non-hydrogen) atoms. The Hall–Kier alpha value is -0.830. The van der Waals surface area contributed by atoms with Gasteiger partial charge in [-0.1, -0.05) is 39.7 Å². The van der Waals surface area contributed by atoms with Crippen molar-refractivity contribution in [1.82, 2.24) is 0 Å². The SMILES string of the molecule is C=C(C)C(=O)OC(N)(CCCC)CCCCC. The van der Waals surface area contributed by atoms with Gasteiger partial charge < -0.3 is 4.74 Å². The highest BCUT2D eigenvalue weighted by Gasteiger charge is 2.28. The van der Waals surface area contributed by atoms with Crippen molar-refractivity contribution in [1.29, 1.82) is 0 Å². The third kappa shape index (κ3) is 7.16. The largest absolute Gasteiger partial charge is 0.441 e. The molecule has 1 atom stereocenters. The Labute approximate surface area is 105 Å². The van der Waals surface area contributed by atoms with Gasteiger partial charge in [-0.2, -0.15) is 0 Å². The average molecular weight is 241 g/mol. The second-order valence-electron chi connectivity index (χ2n) is 4.80. The van der Waals surface area contributed by atoms with Crippen LogP contribution in [0.25, 0.3) is 0 Å². The van der Waals surface area contributed by atoms with Crippen LogP contribution in [0.2, 0.25) is 0 Å². The van der Waals surface area contributed by atoms with Crippen molar-refractivity contribution in [2.45, 2.75) is 71.4 Å². The molecule has 1 unspecified atom stereocenters. The molecule has 0 aliphatic heterocycles. The lowest BCUT2D eigenvalue weighted by molar-refractivity contribution is -0.156. The molecule has 3 heteroatoms. The average Bonchev–Trinajstić information content (AvgIpc) is 2.26. The summed E-state index contributed by atoms with van der Waals surface area (Å²) in [5, 5.41) is 0. The monoisotopic (exact) mass is 241 g/mol. The van der Waals surface area contributed by atoms with Crippen LogP contribution in [0.5, 0.6) is 0 Å². The molecular weight excluding hydrogens is 214 g/mol. The molecular formula is C14H27NO2. The number of carbonyl (C=O) groups is 1. The first kappa shape index (κ1) is 16.2. The van der Waals surface area contributed by atoms with E-state index in [1.807, 2.05) is 0 Å². The number of unbranched alkanes of at least 4 members (excludes halogenated alkanes) is 3. The standard InChI is InChI=1S/C14H27NO2/c1-5-7-9-11-14(15,10-8-6-2)17-13(16)12(3)4/h3,5-11,15H2,1-2,4H3. The molecule has 0 saturated carbocycles. The number of hydrogen-bond donors (Lipinski definition) is 1. The molecule has 0 aromatic heterocycles. The molecule has 2 N–H and O–H groups in total. The van der Waals surface area contributed by atoms with Crippen LogP contribution < -0.4 is 5.73 Å². The summed E-state index contributed by atoms with van der Waals surface area (Å²) in [6.45, 7) is 9.48. The molecule has 0 aliphatic carbocycles. The van der Waals surface area contributed by atoms with E-state index in [2.05, 4.69) is 20.4 Å². The minimum absolute atomic E-state index is 0.375. The molecule has 0 rings (SSSR count). The number of rotatable bonds is 9. The van der Waals surface area contributed by atoms with Gasteiger partial charge in [-0.25, -0.2) is 4.79 Å². The third-order valence-corrected chi connectivity index (χ3v) is 2.80. The van der Waals surface area contributed by atoms with Gasteiger partial charge in [-0.15, -0.1) is 0 Å². The van der Waals surface area contributed by atoms with E-state index in [1.54, 1.807) is 6.92 Å². The van der Waals surface area contributed by atoms with Crippen LogP contribution in [0.15, 0.2) is 12.2 Å². The second kappa shape index (κ2) is 8.29. The van der Waals surface area contributed by atoms with Gasteiger partial charge in [0.05, 0.1) is 0 Å². The summed E-state index contributed by atoms with van der Waals surface area (Å²) in [4.78, 5) is 11.6. The van der Waals surface area contributed by atoms with Crippen LogP contribution in [0, 0.1) is 0 Å². The maximum Gasteiger partial charge on any atom is 0.334 e. The van der Waals surface area contributed by atoms with Gasteiger partial charge in [-0.05, 0) is 19.8 Å². The summed E-state index contributed by atoms with van der Waals surface area (Å²) >= 11 is 0. The van der Waals surface area contributed by atoms with Crippen LogP contribution in [-0.2, 0) is 9.53 Å². The molecule has 0 saturated heterocycles. The van der Waals surface area contributed by atoms with Crippen molar-refractivity contribution >= 4 is 5.97 Å². The summed E-state index contributed by atoms with van der Waals surface area (Å²) in [5.74, 6) is -0.375. The Morgan fingerprint density at radius 2 is 1.71 bits per heavy atom. The van der Waals surface area contributed by atoms with Gasteiger partial charge >= 0.3 is 5.97 Å². The van der Waals surface area contributed by atoms with Crippen LogP contribution in [0.4, 0.5) is 0 Å². The van der Waals surface area contributed by atoms with E-state index in [0.717, 1.165) is 44.9 Å². The summed E-state index contributed by atoms with van der Waals surface area (Å²) in [5.41, 5.74) is 5.78. The predicted octanol–water partition coefficient (Wildman–Crippen LogP) is 3.53. The zero-order valence-corrected chi connectivity index (χ0v) is 11.6. The van der Waals surface area contributed by atoms with Crippen molar-refractivity contribution in [3.05, 3.63) is 12.2 Å². The van der Waals surface area contributed by atoms with E-state index in [0.29, 0.717) is 5.57 Å². The van der Waals surface area contributed by atoms with Crippen molar-refractivity contribution in [3.63, 3.8) is 0 Å². The summed E-state index contributed by atoms with van der Waals surface area (Å²) < 4.78 is 5.39. The van der Waals surface area contributed by atoms with E-state index >= 15 is 0 Å². The van der Waals surface area contributed by atoms with Gasteiger partial charge in [0.15, 0.2) is 5.72 Å². The van der Waals surface area contributed by atoms with Gasteiger partial charge in [-0.3, -0.25) is 5.73 Å². The Bertz CT molecular complexity index is 251. The molecule has 0 aromatic carbocycles. The number of ether oxygens (including phenoxy) is 1. The molecule has 0 amide bonds. The predicted molar refractivity (Wildman–Crippen MR) is 71.5 cm³/mol. The summed E-state index contributed by atoms with van der Waals surface area (Å²) in [7, 11) is 0. The Kier molecular flexibility index (Phi) is 7.88. The molecule has 0 spiro atoms. The molecule has 0 aromatic rings. The van der Waals surface area contributed by atoms with Crippen molar-refractivity contribution in [3.8, 4) is 0 Å². The van der Waals surface area contributed by atoms with Gasteiger partial charge in [0.2, 0.25) is 0 Å². The van der Waals surface area contributed by atoms with Gasteiger partial charge in [0.1, 0.15) is 0 Å². The topological polar surface area (TPSA) is 52.3 Å². The first-order chi connectivity index (χ1) is 7.95. The molecule has 0 radical (unpaired) electrons. The Morgan fingerprint density at radius 1 is 1.18 bits per heavy atom. The maximum atomic E-state index is 11.6. The quantitative estimate of drug-likeness (QED) is 0.291. The molecule has 0 aliphatic rings. The van der Waals surface area contributed by atoms with E-state index in [1.165, 1.54) is 0 Å². The van der Waals surface area contributed by atoms with E-state index in [9.17, 15) is 4.79 Å². The lowest BCUT2D eigenvalue weighted by atomic mass is 9.99. The highest BCUT2D eigenvalue weighted by atomic mass is 16.6. The fourth-order valence-corrected chi connectivity index (χ4v) is 1.65. The fourth-order valence-electron chi connectivity index (χ4n) is 1.65. The van der Waals surface area contributed by atoms with E-state index < -0.39 is 5.72 Å². The van der Waals surface area contributed by atoms with Crippen LogP contribution in [0.3, 0.4) is 0 Å². The van der Waals surface area contributed by atoms with Crippen LogP contribution >= 0.6 is 0 Å². The zero-order valence-electron chi connectivity index (χ0n) is 11.6. The first-order valence-electron chi connectivity index (χ1n) is 6.63. The molecule has 100 valence electrons. The smallest absolute Gasteiger partial charge is 0.334 e. The lowest BCUT2D eigenvalue weighted by Crippen LogP contribution is -2.44. The molecule has 0 heterocycles. The number of carbonyl (C=O) groups excluding carboxylic acids is 1. The van der Waals surface area contributed by atoms with E-state index in [-0.39, 0.29) is 5.97 Å². The third-order valence-electron chi connectivity index (χ3n) is 2.80. The molecule has 0 bridgehead atoms. The molecule has 0 fully saturated rings. The van der Waals surface area contributed by atoms with Gasteiger partial charge in [0.25, 0.3) is 0 Å². The number of nitrogens with two attached hydrogens (primary N) is 1. The van der Waals surface area contributed by atoms with Crippen molar-refractivity contribution < 1.29 is 9.53 Å². The molecule has 3 nitrogen and oxygen atoms in total. The second-order valence-corrected chi connectivity index (χ2v) is 4.80. The summed E-state index contributed by atoms with van der Waals surface area (Å²) in [6.07, 6.45) is 6.75. The van der Waals surface area contributed by atoms with Gasteiger partial charge in [0, 0.05) is 18.4 Å². The summed E-state index contributed by atoms with van der Waals surface area (Å²) in [6, 6.07) is 0. The minimum Gasteiger partial charge on any atom is -0.441 e. The number of hydrogen-bond acceptors (Lipinski definition) is 3. The van der Waals surface area contributed by atoms with Crippen LogP contribution in [0.1, 0.15) is 65.7 Å².